The zero-order valence-electron chi connectivity index (χ0n) is 10.2. The average Bonchev–Trinajstić information content (AvgIpc) is 2.13. The summed E-state index contributed by atoms with van der Waals surface area (Å²) < 4.78 is 11.2. The first-order chi connectivity index (χ1) is 6.91. The Morgan fingerprint density at radius 1 is 1.33 bits per heavy atom. The van der Waals surface area contributed by atoms with Crippen molar-refractivity contribution in [3.05, 3.63) is 11.3 Å². The molecule has 1 heterocycles. The zero-order valence-corrected chi connectivity index (χ0v) is 10.2. The van der Waals surface area contributed by atoms with Crippen LogP contribution in [-0.2, 0) is 9.47 Å². The van der Waals surface area contributed by atoms with Crippen LogP contribution in [0.15, 0.2) is 11.3 Å². The van der Waals surface area contributed by atoms with Crippen molar-refractivity contribution in [2.45, 2.75) is 58.8 Å². The predicted octanol–water partition coefficient (Wildman–Crippen LogP) is 2.59. The molecule has 1 aliphatic heterocycles. The first kappa shape index (κ1) is 12.5. The second kappa shape index (κ2) is 4.99. The second-order valence-corrected chi connectivity index (χ2v) is 4.80. The lowest BCUT2D eigenvalue weighted by atomic mass is 10.0. The van der Waals surface area contributed by atoms with E-state index in [0.717, 1.165) is 31.4 Å². The van der Waals surface area contributed by atoms with Gasteiger partial charge in [0.1, 0.15) is 11.4 Å². The number of ether oxygens (including phenoxy) is 2. The van der Waals surface area contributed by atoms with E-state index in [-0.39, 0.29) is 6.29 Å². The summed E-state index contributed by atoms with van der Waals surface area (Å²) in [6, 6.07) is 0. The maximum atomic E-state index is 9.94. The van der Waals surface area contributed by atoms with Crippen molar-refractivity contribution in [3.8, 4) is 0 Å². The van der Waals surface area contributed by atoms with E-state index in [9.17, 15) is 5.11 Å². The SMILES string of the molecule is CC(C)=C(OC1CCCCO1)C(C)(C)O. The number of aliphatic hydroxyl groups is 1. The lowest BCUT2D eigenvalue weighted by Gasteiger charge is -2.30. The second-order valence-electron chi connectivity index (χ2n) is 4.80. The zero-order chi connectivity index (χ0) is 11.5. The standard InChI is InChI=1S/C12H22O3/c1-9(2)11(12(3,4)13)15-10-7-5-6-8-14-10/h10,13H,5-8H2,1-4H3. The van der Waals surface area contributed by atoms with E-state index in [2.05, 4.69) is 0 Å². The number of hydrogen-bond acceptors (Lipinski definition) is 3. The molecule has 0 aromatic carbocycles. The van der Waals surface area contributed by atoms with Crippen LogP contribution >= 0.6 is 0 Å². The molecule has 0 spiro atoms. The minimum Gasteiger partial charge on any atom is -0.466 e. The van der Waals surface area contributed by atoms with Crippen LogP contribution < -0.4 is 0 Å². The van der Waals surface area contributed by atoms with Gasteiger partial charge in [0.05, 0.1) is 6.61 Å². The summed E-state index contributed by atoms with van der Waals surface area (Å²) >= 11 is 0. The highest BCUT2D eigenvalue weighted by Crippen LogP contribution is 2.25. The summed E-state index contributed by atoms with van der Waals surface area (Å²) in [5.74, 6) is 0.634. The first-order valence-electron chi connectivity index (χ1n) is 5.60. The Morgan fingerprint density at radius 3 is 2.40 bits per heavy atom. The van der Waals surface area contributed by atoms with E-state index in [4.69, 9.17) is 9.47 Å². The Morgan fingerprint density at radius 2 is 2.00 bits per heavy atom. The van der Waals surface area contributed by atoms with Crippen molar-refractivity contribution in [1.29, 1.82) is 0 Å². The fourth-order valence-electron chi connectivity index (χ4n) is 1.81. The quantitative estimate of drug-likeness (QED) is 0.734. The predicted molar refractivity (Wildman–Crippen MR) is 59.3 cm³/mol. The molecule has 3 heteroatoms. The summed E-state index contributed by atoms with van der Waals surface area (Å²) in [7, 11) is 0. The van der Waals surface area contributed by atoms with Gasteiger partial charge in [-0.25, -0.2) is 0 Å². The molecular formula is C12H22O3. The maximum Gasteiger partial charge on any atom is 0.199 e. The molecule has 1 unspecified atom stereocenters. The molecule has 88 valence electrons. The normalized spacial score (nSPS) is 22.3. The van der Waals surface area contributed by atoms with Gasteiger partial charge in [0.15, 0.2) is 6.29 Å². The van der Waals surface area contributed by atoms with Crippen LogP contribution in [0.3, 0.4) is 0 Å². The van der Waals surface area contributed by atoms with Gasteiger partial charge >= 0.3 is 0 Å². The van der Waals surface area contributed by atoms with Crippen LogP contribution in [-0.4, -0.2) is 23.6 Å². The molecule has 1 fully saturated rings. The molecule has 1 rings (SSSR count). The molecule has 0 bridgehead atoms. The Hall–Kier alpha value is -0.540. The lowest BCUT2D eigenvalue weighted by Crippen LogP contribution is -2.31. The van der Waals surface area contributed by atoms with Crippen LogP contribution in [0.25, 0.3) is 0 Å². The molecule has 1 saturated heterocycles. The topological polar surface area (TPSA) is 38.7 Å². The minimum atomic E-state index is -0.931. The Kier molecular flexibility index (Phi) is 4.17. The molecule has 0 radical (unpaired) electrons. The number of hydrogen-bond donors (Lipinski definition) is 1. The van der Waals surface area contributed by atoms with Gasteiger partial charge < -0.3 is 14.6 Å². The molecule has 1 atom stereocenters. The van der Waals surface area contributed by atoms with Crippen molar-refractivity contribution < 1.29 is 14.6 Å². The molecule has 1 aliphatic rings. The van der Waals surface area contributed by atoms with Crippen molar-refractivity contribution in [2.24, 2.45) is 0 Å². The summed E-state index contributed by atoms with van der Waals surface area (Å²) in [4.78, 5) is 0. The van der Waals surface area contributed by atoms with E-state index < -0.39 is 5.60 Å². The van der Waals surface area contributed by atoms with Crippen molar-refractivity contribution in [3.63, 3.8) is 0 Å². The van der Waals surface area contributed by atoms with Gasteiger partial charge in [-0.1, -0.05) is 0 Å². The lowest BCUT2D eigenvalue weighted by molar-refractivity contribution is -0.156. The fourth-order valence-corrected chi connectivity index (χ4v) is 1.81. The third-order valence-corrected chi connectivity index (χ3v) is 2.40. The molecule has 0 amide bonds. The minimum absolute atomic E-state index is 0.185. The molecule has 0 aromatic heterocycles. The smallest absolute Gasteiger partial charge is 0.199 e. The number of allylic oxidation sites excluding steroid dienone is 1. The van der Waals surface area contributed by atoms with Crippen LogP contribution in [0, 0.1) is 0 Å². The first-order valence-corrected chi connectivity index (χ1v) is 5.60. The summed E-state index contributed by atoms with van der Waals surface area (Å²) in [6.45, 7) is 8.11. The molecule has 15 heavy (non-hydrogen) atoms. The monoisotopic (exact) mass is 214 g/mol. The molecular weight excluding hydrogens is 192 g/mol. The van der Waals surface area contributed by atoms with E-state index in [1.54, 1.807) is 13.8 Å². The molecule has 1 N–H and O–H groups in total. The average molecular weight is 214 g/mol. The molecule has 0 aromatic rings. The Bertz CT molecular complexity index is 228. The Balaban J connectivity index is 2.63. The van der Waals surface area contributed by atoms with Crippen LogP contribution in [0.5, 0.6) is 0 Å². The van der Waals surface area contributed by atoms with Gasteiger partial charge in [0.2, 0.25) is 0 Å². The fraction of sp³-hybridized carbons (Fsp3) is 0.833. The summed E-state index contributed by atoms with van der Waals surface area (Å²) in [5.41, 5.74) is 0.0660. The molecule has 0 aliphatic carbocycles. The summed E-state index contributed by atoms with van der Waals surface area (Å²) in [5, 5.41) is 9.94. The van der Waals surface area contributed by atoms with Crippen LogP contribution in [0.1, 0.15) is 47.0 Å². The van der Waals surface area contributed by atoms with Gasteiger partial charge in [0.25, 0.3) is 0 Å². The highest BCUT2D eigenvalue weighted by molar-refractivity contribution is 5.12. The van der Waals surface area contributed by atoms with E-state index in [1.807, 2.05) is 13.8 Å². The largest absolute Gasteiger partial charge is 0.466 e. The van der Waals surface area contributed by atoms with Gasteiger partial charge in [-0.15, -0.1) is 0 Å². The van der Waals surface area contributed by atoms with Crippen molar-refractivity contribution in [1.82, 2.24) is 0 Å². The molecule has 3 nitrogen and oxygen atoms in total. The third-order valence-electron chi connectivity index (χ3n) is 2.40. The van der Waals surface area contributed by atoms with E-state index in [0.29, 0.717) is 5.76 Å². The van der Waals surface area contributed by atoms with Crippen molar-refractivity contribution >= 4 is 0 Å². The van der Waals surface area contributed by atoms with Crippen LogP contribution in [0.4, 0.5) is 0 Å². The Labute approximate surface area is 92.1 Å². The van der Waals surface area contributed by atoms with E-state index >= 15 is 0 Å². The molecule has 0 saturated carbocycles. The number of rotatable bonds is 3. The van der Waals surface area contributed by atoms with Gasteiger partial charge in [-0.2, -0.15) is 0 Å². The van der Waals surface area contributed by atoms with Crippen LogP contribution in [0.2, 0.25) is 0 Å². The van der Waals surface area contributed by atoms with Crippen molar-refractivity contribution in [2.75, 3.05) is 6.61 Å². The summed E-state index contributed by atoms with van der Waals surface area (Å²) in [6.07, 6.45) is 2.96. The van der Waals surface area contributed by atoms with Gasteiger partial charge in [-0.05, 0) is 46.1 Å². The highest BCUT2D eigenvalue weighted by atomic mass is 16.7. The third kappa shape index (κ3) is 3.84. The maximum absolute atomic E-state index is 9.94. The van der Waals surface area contributed by atoms with Gasteiger partial charge in [0, 0.05) is 6.42 Å². The van der Waals surface area contributed by atoms with E-state index in [1.165, 1.54) is 0 Å². The highest BCUT2D eigenvalue weighted by Gasteiger charge is 2.26. The van der Waals surface area contributed by atoms with Gasteiger partial charge in [-0.3, -0.25) is 0 Å².